The van der Waals surface area contributed by atoms with E-state index in [2.05, 4.69) is 32.8 Å². The van der Waals surface area contributed by atoms with Gasteiger partial charge in [-0.15, -0.1) is 0 Å². The quantitative estimate of drug-likeness (QED) is 0.892. The third-order valence-corrected chi connectivity index (χ3v) is 3.77. The smallest absolute Gasteiger partial charge is 0.262 e. The van der Waals surface area contributed by atoms with Crippen LogP contribution in [0.2, 0.25) is 0 Å². The highest BCUT2D eigenvalue weighted by molar-refractivity contribution is 9.10. The summed E-state index contributed by atoms with van der Waals surface area (Å²) < 4.78 is 0.915. The van der Waals surface area contributed by atoms with Crippen LogP contribution >= 0.6 is 15.9 Å². The number of benzene rings is 1. The van der Waals surface area contributed by atoms with Crippen LogP contribution in [0.15, 0.2) is 33.5 Å². The zero-order chi connectivity index (χ0) is 14.7. The van der Waals surface area contributed by atoms with E-state index in [-0.39, 0.29) is 22.9 Å². The van der Waals surface area contributed by atoms with Crippen LogP contribution in [0.5, 0.6) is 5.88 Å². The van der Waals surface area contributed by atoms with E-state index < -0.39 is 0 Å². The fourth-order valence-electron chi connectivity index (χ4n) is 2.16. The first-order valence-electron chi connectivity index (χ1n) is 6.62. The summed E-state index contributed by atoms with van der Waals surface area (Å²) in [5.41, 5.74) is 0.553. The van der Waals surface area contributed by atoms with Crippen molar-refractivity contribution in [2.45, 2.75) is 32.6 Å². The highest BCUT2D eigenvalue weighted by Gasteiger charge is 2.15. The van der Waals surface area contributed by atoms with Gasteiger partial charge in [0.15, 0.2) is 0 Å². The normalized spacial score (nSPS) is 12.3. The van der Waals surface area contributed by atoms with Gasteiger partial charge in [0, 0.05) is 10.4 Å². The fraction of sp³-hybridized carbons (Fsp3) is 0.333. The van der Waals surface area contributed by atoms with Gasteiger partial charge in [-0.3, -0.25) is 4.79 Å². The van der Waals surface area contributed by atoms with Crippen LogP contribution in [0.3, 0.4) is 0 Å². The number of aromatic amines is 1. The number of nitrogens with one attached hydrogen (secondary N) is 1. The highest BCUT2D eigenvalue weighted by atomic mass is 79.9. The van der Waals surface area contributed by atoms with E-state index in [1.165, 1.54) is 0 Å². The van der Waals surface area contributed by atoms with E-state index in [0.29, 0.717) is 11.4 Å². The number of halogens is 1. The number of rotatable bonds is 4. The summed E-state index contributed by atoms with van der Waals surface area (Å²) in [4.78, 5) is 19.1. The minimum atomic E-state index is -0.308. The van der Waals surface area contributed by atoms with Crippen molar-refractivity contribution >= 4 is 15.9 Å². The molecule has 1 heterocycles. The first kappa shape index (κ1) is 14.8. The van der Waals surface area contributed by atoms with Gasteiger partial charge >= 0.3 is 0 Å². The average Bonchev–Trinajstić information content (AvgIpc) is 2.40. The van der Waals surface area contributed by atoms with Gasteiger partial charge in [0.25, 0.3) is 5.56 Å². The number of nitrogens with zero attached hydrogens (tertiary/aromatic N) is 1. The van der Waals surface area contributed by atoms with Crippen molar-refractivity contribution < 1.29 is 5.11 Å². The lowest BCUT2D eigenvalue weighted by molar-refractivity contribution is 0.446. The maximum Gasteiger partial charge on any atom is 0.262 e. The molecule has 106 valence electrons. The van der Waals surface area contributed by atoms with Gasteiger partial charge in [-0.05, 0) is 24.1 Å². The Kier molecular flexibility index (Phi) is 4.60. The van der Waals surface area contributed by atoms with E-state index >= 15 is 0 Å². The molecule has 0 aliphatic carbocycles. The molecule has 0 radical (unpaired) electrons. The van der Waals surface area contributed by atoms with E-state index in [0.717, 1.165) is 17.3 Å². The molecule has 0 spiro atoms. The van der Waals surface area contributed by atoms with Crippen molar-refractivity contribution in [1.29, 1.82) is 0 Å². The molecule has 0 aliphatic heterocycles. The zero-order valence-electron chi connectivity index (χ0n) is 11.5. The molecule has 0 saturated carbocycles. The Hall–Kier alpha value is -1.62. The molecule has 1 aromatic carbocycles. The van der Waals surface area contributed by atoms with Gasteiger partial charge in [-0.2, -0.15) is 4.98 Å². The van der Waals surface area contributed by atoms with Crippen LogP contribution in [-0.4, -0.2) is 15.1 Å². The fourth-order valence-corrected chi connectivity index (χ4v) is 2.42. The Morgan fingerprint density at radius 3 is 2.55 bits per heavy atom. The molecule has 0 saturated heterocycles. The SMILES string of the molecule is CCCC(C)c1nc(O)c(-c2ccc(Br)cc2)c(=O)[nH]1. The molecule has 1 aromatic heterocycles. The van der Waals surface area contributed by atoms with Crippen LogP contribution in [0, 0.1) is 0 Å². The Bertz CT molecular complexity index is 650. The highest BCUT2D eigenvalue weighted by Crippen LogP contribution is 2.26. The second-order valence-corrected chi connectivity index (χ2v) is 5.76. The second-order valence-electron chi connectivity index (χ2n) is 4.85. The summed E-state index contributed by atoms with van der Waals surface area (Å²) in [6, 6.07) is 7.18. The van der Waals surface area contributed by atoms with Gasteiger partial charge in [0.05, 0.1) is 0 Å². The van der Waals surface area contributed by atoms with E-state index in [4.69, 9.17) is 0 Å². The number of hydrogen-bond donors (Lipinski definition) is 2. The minimum absolute atomic E-state index is 0.123. The standard InChI is InChI=1S/C15H17BrN2O2/c1-3-4-9(2)13-17-14(19)12(15(20)18-13)10-5-7-11(16)8-6-10/h5-9H,3-4H2,1-2H3,(H2,17,18,19,20). The molecular formula is C15H17BrN2O2. The van der Waals surface area contributed by atoms with Crippen molar-refractivity contribution in [2.75, 3.05) is 0 Å². The molecule has 1 atom stereocenters. The third kappa shape index (κ3) is 3.10. The van der Waals surface area contributed by atoms with Gasteiger partial charge in [-0.25, -0.2) is 0 Å². The molecule has 2 rings (SSSR count). The summed E-state index contributed by atoms with van der Waals surface area (Å²) in [7, 11) is 0. The Morgan fingerprint density at radius 1 is 1.35 bits per heavy atom. The molecule has 0 fully saturated rings. The molecular weight excluding hydrogens is 320 g/mol. The molecule has 0 bridgehead atoms. The van der Waals surface area contributed by atoms with Crippen LogP contribution in [0.4, 0.5) is 0 Å². The topological polar surface area (TPSA) is 66.0 Å². The maximum atomic E-state index is 12.2. The Morgan fingerprint density at radius 2 is 2.00 bits per heavy atom. The van der Waals surface area contributed by atoms with Gasteiger partial charge < -0.3 is 10.1 Å². The van der Waals surface area contributed by atoms with Crippen LogP contribution in [0.25, 0.3) is 11.1 Å². The maximum absolute atomic E-state index is 12.2. The van der Waals surface area contributed by atoms with Crippen LogP contribution < -0.4 is 5.56 Å². The predicted molar refractivity (Wildman–Crippen MR) is 83.0 cm³/mol. The van der Waals surface area contributed by atoms with E-state index in [1.807, 2.05) is 19.1 Å². The first-order chi connectivity index (χ1) is 9.52. The summed E-state index contributed by atoms with van der Waals surface area (Å²) >= 11 is 3.34. The third-order valence-electron chi connectivity index (χ3n) is 3.24. The van der Waals surface area contributed by atoms with E-state index in [1.54, 1.807) is 12.1 Å². The Balaban J connectivity index is 2.46. The molecule has 0 amide bonds. The van der Waals surface area contributed by atoms with Crippen molar-refractivity contribution in [2.24, 2.45) is 0 Å². The Labute approximate surface area is 126 Å². The largest absolute Gasteiger partial charge is 0.493 e. The lowest BCUT2D eigenvalue weighted by atomic mass is 10.0. The number of aromatic hydroxyl groups is 1. The van der Waals surface area contributed by atoms with Gasteiger partial charge in [-0.1, -0.05) is 48.3 Å². The summed E-state index contributed by atoms with van der Waals surface area (Å²) in [6.45, 7) is 4.06. The van der Waals surface area contributed by atoms with E-state index in [9.17, 15) is 9.90 Å². The van der Waals surface area contributed by atoms with Gasteiger partial charge in [0.1, 0.15) is 11.4 Å². The number of hydrogen-bond acceptors (Lipinski definition) is 3. The molecule has 2 N–H and O–H groups in total. The number of H-pyrrole nitrogens is 1. The van der Waals surface area contributed by atoms with Crippen molar-refractivity contribution in [1.82, 2.24) is 9.97 Å². The van der Waals surface area contributed by atoms with Crippen molar-refractivity contribution in [3.63, 3.8) is 0 Å². The van der Waals surface area contributed by atoms with Crippen molar-refractivity contribution in [3.05, 3.63) is 44.9 Å². The summed E-state index contributed by atoms with van der Waals surface area (Å²) in [6.07, 6.45) is 1.92. The second kappa shape index (κ2) is 6.22. The zero-order valence-corrected chi connectivity index (χ0v) is 13.1. The van der Waals surface area contributed by atoms with Crippen LogP contribution in [-0.2, 0) is 0 Å². The minimum Gasteiger partial charge on any atom is -0.493 e. The summed E-state index contributed by atoms with van der Waals surface area (Å²) in [5, 5.41) is 10.1. The van der Waals surface area contributed by atoms with Gasteiger partial charge in [0.2, 0.25) is 5.88 Å². The molecule has 1 unspecified atom stereocenters. The molecule has 2 aromatic rings. The lowest BCUT2D eigenvalue weighted by Crippen LogP contribution is -2.15. The number of aromatic nitrogens is 2. The lowest BCUT2D eigenvalue weighted by Gasteiger charge is -2.11. The predicted octanol–water partition coefficient (Wildman–Crippen LogP) is 3.81. The summed E-state index contributed by atoms with van der Waals surface area (Å²) in [5.74, 6) is 0.446. The average molecular weight is 337 g/mol. The molecule has 0 aliphatic rings. The molecule has 4 nitrogen and oxygen atoms in total. The first-order valence-corrected chi connectivity index (χ1v) is 7.41. The molecule has 20 heavy (non-hydrogen) atoms. The molecule has 5 heteroatoms. The van der Waals surface area contributed by atoms with Crippen LogP contribution in [0.1, 0.15) is 38.4 Å². The van der Waals surface area contributed by atoms with Crippen molar-refractivity contribution in [3.8, 4) is 17.0 Å². The monoisotopic (exact) mass is 336 g/mol.